The lowest BCUT2D eigenvalue weighted by Gasteiger charge is -2.13. The van der Waals surface area contributed by atoms with Crippen molar-refractivity contribution in [2.24, 2.45) is 0 Å². The molecule has 6 heteroatoms. The molecular weight excluding hydrogens is 430 g/mol. The summed E-state index contributed by atoms with van der Waals surface area (Å²) < 4.78 is 17.2. The fourth-order valence-corrected chi connectivity index (χ4v) is 3.88. The number of hydrogen-bond donors (Lipinski definition) is 1. The van der Waals surface area contributed by atoms with Gasteiger partial charge in [-0.3, -0.25) is 9.59 Å². The van der Waals surface area contributed by atoms with Gasteiger partial charge >= 0.3 is 0 Å². The molecule has 0 fully saturated rings. The molecule has 1 aromatic heterocycles. The van der Waals surface area contributed by atoms with Crippen molar-refractivity contribution in [3.8, 4) is 22.8 Å². The van der Waals surface area contributed by atoms with E-state index in [1.54, 1.807) is 37.4 Å². The van der Waals surface area contributed by atoms with Gasteiger partial charge in [0.05, 0.1) is 12.5 Å². The van der Waals surface area contributed by atoms with E-state index >= 15 is 0 Å². The van der Waals surface area contributed by atoms with E-state index < -0.39 is 0 Å². The quantitative estimate of drug-likeness (QED) is 0.410. The number of amides is 1. The van der Waals surface area contributed by atoms with E-state index in [4.69, 9.17) is 13.9 Å². The number of fused-ring (bicyclic) bond motifs is 1. The van der Waals surface area contributed by atoms with Crippen LogP contribution in [-0.4, -0.2) is 26.2 Å². The normalized spacial score (nSPS) is 10.8. The molecule has 0 aliphatic carbocycles. The smallest absolute Gasteiger partial charge is 0.257 e. The molecule has 1 amide bonds. The molecule has 0 saturated heterocycles. The lowest BCUT2D eigenvalue weighted by Crippen LogP contribution is -2.31. The standard InChI is InChI=1S/C28H27NO5/c1-18-15-19(2)26-23(16-18)25(31)28(27(34-26)21-9-11-22(32-3)12-10-21)33-17-24(30)29-14-13-20-7-5-4-6-8-20/h4-12,15-16H,13-14,17H2,1-3H3,(H,29,30). The van der Waals surface area contributed by atoms with Gasteiger partial charge in [-0.15, -0.1) is 0 Å². The van der Waals surface area contributed by atoms with E-state index in [1.807, 2.05) is 50.2 Å². The van der Waals surface area contributed by atoms with E-state index in [0.29, 0.717) is 35.2 Å². The summed E-state index contributed by atoms with van der Waals surface area (Å²) >= 11 is 0. The number of carbonyl (C=O) groups is 1. The van der Waals surface area contributed by atoms with Crippen molar-refractivity contribution in [2.45, 2.75) is 20.3 Å². The van der Waals surface area contributed by atoms with Gasteiger partial charge in [-0.05, 0) is 67.3 Å². The lowest BCUT2D eigenvalue weighted by molar-refractivity contribution is -0.123. The van der Waals surface area contributed by atoms with E-state index in [2.05, 4.69) is 5.32 Å². The molecule has 1 N–H and O–H groups in total. The Morgan fingerprint density at radius 1 is 1.00 bits per heavy atom. The lowest BCUT2D eigenvalue weighted by atomic mass is 10.1. The van der Waals surface area contributed by atoms with Crippen LogP contribution in [0.4, 0.5) is 0 Å². The second-order valence-corrected chi connectivity index (χ2v) is 8.15. The van der Waals surface area contributed by atoms with E-state index in [9.17, 15) is 9.59 Å². The van der Waals surface area contributed by atoms with Crippen molar-refractivity contribution in [1.29, 1.82) is 0 Å². The Kier molecular flexibility index (Phi) is 6.97. The predicted molar refractivity (Wildman–Crippen MR) is 133 cm³/mol. The number of rotatable bonds is 8. The van der Waals surface area contributed by atoms with E-state index in [0.717, 1.165) is 16.7 Å². The minimum atomic E-state index is -0.309. The van der Waals surface area contributed by atoms with Crippen LogP contribution in [0.1, 0.15) is 16.7 Å². The van der Waals surface area contributed by atoms with E-state index in [-0.39, 0.29) is 29.5 Å². The first kappa shape index (κ1) is 23.1. The fourth-order valence-electron chi connectivity index (χ4n) is 3.88. The Balaban J connectivity index is 1.61. The van der Waals surface area contributed by atoms with Gasteiger partial charge < -0.3 is 19.2 Å². The van der Waals surface area contributed by atoms with Gasteiger partial charge in [0.2, 0.25) is 11.2 Å². The Morgan fingerprint density at radius 2 is 1.74 bits per heavy atom. The minimum absolute atomic E-state index is 0.0147. The van der Waals surface area contributed by atoms with Crippen molar-refractivity contribution in [2.75, 3.05) is 20.3 Å². The maximum Gasteiger partial charge on any atom is 0.257 e. The molecule has 0 aliphatic heterocycles. The summed E-state index contributed by atoms with van der Waals surface area (Å²) in [6, 6.07) is 20.8. The summed E-state index contributed by atoms with van der Waals surface area (Å²) in [7, 11) is 1.59. The number of methoxy groups -OCH3 is 1. The minimum Gasteiger partial charge on any atom is -0.497 e. The molecule has 34 heavy (non-hydrogen) atoms. The Bertz CT molecular complexity index is 1360. The molecule has 4 rings (SSSR count). The number of aryl methyl sites for hydroxylation is 2. The van der Waals surface area contributed by atoms with Crippen molar-refractivity contribution in [3.05, 3.63) is 93.6 Å². The highest BCUT2D eigenvalue weighted by molar-refractivity contribution is 5.85. The van der Waals surface area contributed by atoms with Gasteiger partial charge in [0.25, 0.3) is 5.91 Å². The summed E-state index contributed by atoms with van der Waals surface area (Å²) in [5, 5.41) is 3.26. The number of ether oxygens (including phenoxy) is 2. The molecule has 0 saturated carbocycles. The monoisotopic (exact) mass is 457 g/mol. The second-order valence-electron chi connectivity index (χ2n) is 8.15. The maximum absolute atomic E-state index is 13.4. The second kappa shape index (κ2) is 10.3. The molecular formula is C28H27NO5. The highest BCUT2D eigenvalue weighted by atomic mass is 16.5. The maximum atomic E-state index is 13.4. The van der Waals surface area contributed by atoms with Crippen LogP contribution in [0.25, 0.3) is 22.3 Å². The van der Waals surface area contributed by atoms with Crippen molar-refractivity contribution < 1.29 is 18.7 Å². The van der Waals surface area contributed by atoms with E-state index in [1.165, 1.54) is 0 Å². The topological polar surface area (TPSA) is 77.8 Å². The first-order valence-corrected chi connectivity index (χ1v) is 11.1. The highest BCUT2D eigenvalue weighted by Crippen LogP contribution is 2.33. The summed E-state index contributed by atoms with van der Waals surface area (Å²) in [6.07, 6.45) is 0.709. The Labute approximate surface area is 198 Å². The van der Waals surface area contributed by atoms with Crippen LogP contribution in [0.5, 0.6) is 11.5 Å². The Hall–Kier alpha value is -4.06. The van der Waals surface area contributed by atoms with Gasteiger partial charge in [-0.2, -0.15) is 0 Å². The molecule has 0 aliphatic rings. The predicted octanol–water partition coefficient (Wildman–Crippen LogP) is 4.82. The SMILES string of the molecule is COc1ccc(-c2oc3c(C)cc(C)cc3c(=O)c2OCC(=O)NCCc2ccccc2)cc1. The zero-order valence-corrected chi connectivity index (χ0v) is 19.5. The van der Waals surface area contributed by atoms with Gasteiger partial charge in [0, 0.05) is 12.1 Å². The third kappa shape index (κ3) is 5.12. The van der Waals surface area contributed by atoms with Crippen molar-refractivity contribution in [3.63, 3.8) is 0 Å². The molecule has 3 aromatic carbocycles. The van der Waals surface area contributed by atoms with Crippen LogP contribution in [0.15, 0.2) is 75.9 Å². The van der Waals surface area contributed by atoms with Gasteiger partial charge in [-0.1, -0.05) is 36.4 Å². The number of nitrogens with one attached hydrogen (secondary N) is 1. The molecule has 0 bridgehead atoms. The molecule has 174 valence electrons. The molecule has 0 spiro atoms. The number of carbonyl (C=O) groups excluding carboxylic acids is 1. The zero-order valence-electron chi connectivity index (χ0n) is 19.5. The summed E-state index contributed by atoms with van der Waals surface area (Å²) in [6.45, 7) is 4.00. The van der Waals surface area contributed by atoms with Gasteiger partial charge in [0.15, 0.2) is 12.4 Å². The first-order valence-electron chi connectivity index (χ1n) is 11.1. The van der Waals surface area contributed by atoms with Gasteiger partial charge in [0.1, 0.15) is 11.3 Å². The first-order chi connectivity index (χ1) is 16.5. The molecule has 4 aromatic rings. The summed E-state index contributed by atoms with van der Waals surface area (Å²) in [4.78, 5) is 25.9. The van der Waals surface area contributed by atoms with Crippen LogP contribution < -0.4 is 20.2 Å². The van der Waals surface area contributed by atoms with Crippen molar-refractivity contribution >= 4 is 16.9 Å². The fraction of sp³-hybridized carbons (Fsp3) is 0.214. The van der Waals surface area contributed by atoms with Crippen molar-refractivity contribution in [1.82, 2.24) is 5.32 Å². The molecule has 0 atom stereocenters. The van der Waals surface area contributed by atoms with Gasteiger partial charge in [-0.25, -0.2) is 0 Å². The van der Waals surface area contributed by atoms with Crippen LogP contribution in [0.2, 0.25) is 0 Å². The average molecular weight is 458 g/mol. The number of hydrogen-bond acceptors (Lipinski definition) is 5. The summed E-state index contributed by atoms with van der Waals surface area (Å²) in [5.74, 6) is 0.667. The van der Waals surface area contributed by atoms with Crippen LogP contribution in [-0.2, 0) is 11.2 Å². The zero-order chi connectivity index (χ0) is 24.1. The Morgan fingerprint density at radius 3 is 2.44 bits per heavy atom. The molecule has 0 radical (unpaired) electrons. The summed E-state index contributed by atoms with van der Waals surface area (Å²) in [5.41, 5.74) is 3.77. The average Bonchev–Trinajstić information content (AvgIpc) is 2.84. The molecule has 1 heterocycles. The third-order valence-corrected chi connectivity index (χ3v) is 5.56. The number of benzene rings is 3. The largest absolute Gasteiger partial charge is 0.497 e. The van der Waals surface area contributed by atoms with Crippen LogP contribution in [0.3, 0.4) is 0 Å². The highest BCUT2D eigenvalue weighted by Gasteiger charge is 2.20. The van der Waals surface area contributed by atoms with Crippen LogP contribution >= 0.6 is 0 Å². The molecule has 0 unspecified atom stereocenters. The third-order valence-electron chi connectivity index (χ3n) is 5.56. The molecule has 6 nitrogen and oxygen atoms in total. The van der Waals surface area contributed by atoms with Crippen LogP contribution in [0, 0.1) is 13.8 Å².